The predicted molar refractivity (Wildman–Crippen MR) is 111 cm³/mol. The summed E-state index contributed by atoms with van der Waals surface area (Å²) >= 11 is 0. The molecule has 0 saturated carbocycles. The largest absolute Gasteiger partial charge is 0.351 e. The first-order valence-electron chi connectivity index (χ1n) is 10.00. The van der Waals surface area contributed by atoms with Crippen LogP contribution < -0.4 is 16.0 Å². The predicted octanol–water partition coefficient (Wildman–Crippen LogP) is -1.65. The van der Waals surface area contributed by atoms with Gasteiger partial charge in [0.2, 0.25) is 17.7 Å². The van der Waals surface area contributed by atoms with Gasteiger partial charge in [-0.1, -0.05) is 0 Å². The first-order valence-corrected chi connectivity index (χ1v) is 10.00. The van der Waals surface area contributed by atoms with E-state index in [1.807, 2.05) is 0 Å². The second kappa shape index (κ2) is 11.0. The van der Waals surface area contributed by atoms with E-state index in [0.717, 1.165) is 17.1 Å². The number of nitrogens with zero attached hydrogens (tertiary/aromatic N) is 2. The second-order valence-corrected chi connectivity index (χ2v) is 7.37. The Hall–Kier alpha value is -3.83. The van der Waals surface area contributed by atoms with E-state index in [1.54, 1.807) is 6.20 Å². The zero-order chi connectivity index (χ0) is 23.8. The van der Waals surface area contributed by atoms with E-state index in [9.17, 15) is 28.8 Å². The Morgan fingerprint density at radius 2 is 1.62 bits per heavy atom. The molecule has 1 aliphatic rings. The van der Waals surface area contributed by atoms with Crippen molar-refractivity contribution >= 4 is 35.3 Å². The number of nitrogens with one attached hydrogen (secondary N) is 4. The number of H-pyrrole nitrogens is 1. The third kappa shape index (κ3) is 6.86. The van der Waals surface area contributed by atoms with Gasteiger partial charge in [-0.2, -0.15) is 0 Å². The number of rotatable bonds is 11. The smallest absolute Gasteiger partial charge is 0.253 e. The minimum Gasteiger partial charge on any atom is -0.351 e. The van der Waals surface area contributed by atoms with Gasteiger partial charge in [-0.3, -0.25) is 33.7 Å². The van der Waals surface area contributed by atoms with Crippen LogP contribution in [0.3, 0.4) is 0 Å². The van der Waals surface area contributed by atoms with Crippen LogP contribution in [0.15, 0.2) is 24.7 Å². The van der Waals surface area contributed by atoms with Crippen LogP contribution in [0.25, 0.3) is 0 Å². The highest BCUT2D eigenvalue weighted by atomic mass is 16.2. The van der Waals surface area contributed by atoms with Crippen LogP contribution in [-0.2, 0) is 35.2 Å². The number of carbonyl (C=O) groups excluding carboxylic acids is 6. The van der Waals surface area contributed by atoms with Crippen molar-refractivity contribution in [1.82, 2.24) is 30.8 Å². The van der Waals surface area contributed by atoms with E-state index in [1.165, 1.54) is 27.1 Å². The summed E-state index contributed by atoms with van der Waals surface area (Å²) in [7, 11) is 0. The number of hydrogen-bond donors (Lipinski definition) is 4. The van der Waals surface area contributed by atoms with Crippen molar-refractivity contribution in [1.29, 1.82) is 0 Å². The number of carbonyl (C=O) groups is 6. The first kappa shape index (κ1) is 24.4. The fourth-order valence-corrected chi connectivity index (χ4v) is 2.77. The summed E-state index contributed by atoms with van der Waals surface area (Å²) in [5.41, 5.74) is 0.502. The van der Waals surface area contributed by atoms with Crippen molar-refractivity contribution in [2.45, 2.75) is 51.7 Å². The van der Waals surface area contributed by atoms with Gasteiger partial charge in [-0.05, 0) is 20.8 Å². The van der Waals surface area contributed by atoms with Crippen molar-refractivity contribution in [2.75, 3.05) is 6.54 Å². The molecule has 0 fully saturated rings. The molecule has 3 atom stereocenters. The Morgan fingerprint density at radius 3 is 2.19 bits per heavy atom. The summed E-state index contributed by atoms with van der Waals surface area (Å²) in [6, 6.07) is -2.73. The van der Waals surface area contributed by atoms with Crippen molar-refractivity contribution in [2.24, 2.45) is 0 Å². The molecule has 0 bridgehead atoms. The number of ketones is 1. The number of imidazole rings is 1. The van der Waals surface area contributed by atoms with Gasteiger partial charge in [0.15, 0.2) is 5.78 Å². The Balaban J connectivity index is 1.97. The summed E-state index contributed by atoms with van der Waals surface area (Å²) in [6.45, 7) is 4.18. The zero-order valence-corrected chi connectivity index (χ0v) is 18.0. The zero-order valence-electron chi connectivity index (χ0n) is 18.0. The van der Waals surface area contributed by atoms with Crippen molar-refractivity contribution in [3.8, 4) is 0 Å². The van der Waals surface area contributed by atoms with Crippen LogP contribution in [0.5, 0.6) is 0 Å². The van der Waals surface area contributed by atoms with Crippen molar-refractivity contribution in [3.63, 3.8) is 0 Å². The summed E-state index contributed by atoms with van der Waals surface area (Å²) in [4.78, 5) is 79.6. The third-order valence-electron chi connectivity index (χ3n) is 4.80. The molecule has 0 aromatic carbocycles. The van der Waals surface area contributed by atoms with Gasteiger partial charge >= 0.3 is 0 Å². The molecule has 0 saturated heterocycles. The molecule has 5 amide bonds. The quantitative estimate of drug-likeness (QED) is 0.295. The van der Waals surface area contributed by atoms with Gasteiger partial charge in [-0.15, -0.1) is 0 Å². The van der Waals surface area contributed by atoms with Crippen molar-refractivity contribution in [3.05, 3.63) is 30.4 Å². The monoisotopic (exact) mass is 446 g/mol. The van der Waals surface area contributed by atoms with Crippen LogP contribution in [0.4, 0.5) is 0 Å². The maximum absolute atomic E-state index is 12.8. The van der Waals surface area contributed by atoms with E-state index in [2.05, 4.69) is 25.9 Å². The molecule has 1 aromatic heterocycles. The summed E-state index contributed by atoms with van der Waals surface area (Å²) in [6.07, 6.45) is 5.06. The lowest BCUT2D eigenvalue weighted by Gasteiger charge is -2.22. The van der Waals surface area contributed by atoms with Crippen molar-refractivity contribution < 1.29 is 28.8 Å². The molecule has 0 unspecified atom stereocenters. The number of amides is 5. The molecular formula is C20H26N6O6. The number of aromatic nitrogens is 2. The van der Waals surface area contributed by atoms with E-state index in [0.29, 0.717) is 5.69 Å². The molecule has 0 spiro atoms. The Labute approximate surface area is 184 Å². The minimum atomic E-state index is -1.06. The molecule has 4 N–H and O–H groups in total. The fourth-order valence-electron chi connectivity index (χ4n) is 2.77. The van der Waals surface area contributed by atoms with Gasteiger partial charge in [0.05, 0.1) is 18.1 Å². The molecular weight excluding hydrogens is 420 g/mol. The van der Waals surface area contributed by atoms with E-state index in [-0.39, 0.29) is 25.2 Å². The number of hydrogen-bond acceptors (Lipinski definition) is 7. The van der Waals surface area contributed by atoms with Gasteiger partial charge in [0, 0.05) is 37.7 Å². The van der Waals surface area contributed by atoms with Gasteiger partial charge in [0.25, 0.3) is 11.8 Å². The SMILES string of the molecule is CC(=O)[C@H](C)NC(=O)[C@H](C)NC(=O)[C@H](Cc1c[nH]cn1)NC(=O)CCN1C(=O)C=CC1=O. The lowest BCUT2D eigenvalue weighted by Crippen LogP contribution is -2.55. The molecule has 0 radical (unpaired) electrons. The summed E-state index contributed by atoms with van der Waals surface area (Å²) in [5, 5.41) is 7.55. The van der Waals surface area contributed by atoms with E-state index in [4.69, 9.17) is 0 Å². The normalized spacial score (nSPS) is 15.8. The molecule has 12 nitrogen and oxygen atoms in total. The van der Waals surface area contributed by atoms with Crippen LogP contribution in [0, 0.1) is 0 Å². The average Bonchev–Trinajstić information content (AvgIpc) is 3.35. The van der Waals surface area contributed by atoms with Crippen LogP contribution in [0.1, 0.15) is 32.9 Å². The van der Waals surface area contributed by atoms with Crippen LogP contribution >= 0.6 is 0 Å². The van der Waals surface area contributed by atoms with Crippen LogP contribution in [0.2, 0.25) is 0 Å². The maximum Gasteiger partial charge on any atom is 0.253 e. The molecule has 172 valence electrons. The van der Waals surface area contributed by atoms with Gasteiger partial charge in [0.1, 0.15) is 12.1 Å². The number of Topliss-reactive ketones (excluding diaryl/α,β-unsaturated/α-hetero) is 1. The van der Waals surface area contributed by atoms with Gasteiger partial charge in [-0.25, -0.2) is 4.98 Å². The highest BCUT2D eigenvalue weighted by Crippen LogP contribution is 2.05. The maximum atomic E-state index is 12.8. The fraction of sp³-hybridized carbons (Fsp3) is 0.450. The van der Waals surface area contributed by atoms with Gasteiger partial charge < -0.3 is 20.9 Å². The van der Waals surface area contributed by atoms with Crippen LogP contribution in [-0.4, -0.2) is 74.9 Å². The lowest BCUT2D eigenvalue weighted by molar-refractivity contribution is -0.137. The molecule has 32 heavy (non-hydrogen) atoms. The Morgan fingerprint density at radius 1 is 1.00 bits per heavy atom. The molecule has 1 aromatic rings. The van der Waals surface area contributed by atoms with E-state index >= 15 is 0 Å². The Kier molecular flexibility index (Phi) is 8.38. The number of imide groups is 1. The molecule has 12 heteroatoms. The summed E-state index contributed by atoms with van der Waals surface area (Å²) < 4.78 is 0. The average molecular weight is 446 g/mol. The molecule has 0 aliphatic carbocycles. The third-order valence-corrected chi connectivity index (χ3v) is 4.80. The van der Waals surface area contributed by atoms with E-state index < -0.39 is 47.7 Å². The minimum absolute atomic E-state index is 0.0440. The highest BCUT2D eigenvalue weighted by molar-refractivity contribution is 6.13. The summed E-state index contributed by atoms with van der Waals surface area (Å²) in [5.74, 6) is -2.98. The molecule has 2 rings (SSSR count). The standard InChI is InChI=1S/C20H26N6O6/c1-11(13(3)27)23-19(31)12(2)24-20(32)15(8-14-9-21-10-22-14)25-16(28)6-7-26-17(29)4-5-18(26)30/h4-5,9-12,15H,6-8H2,1-3H3,(H,21,22)(H,23,31)(H,24,32)(H,25,28)/t11-,12-,15-/m0/s1. The Bertz CT molecular complexity index is 907. The second-order valence-electron chi connectivity index (χ2n) is 7.37. The molecule has 2 heterocycles. The first-order chi connectivity index (χ1) is 15.1. The molecule has 1 aliphatic heterocycles. The lowest BCUT2D eigenvalue weighted by atomic mass is 10.1. The number of aromatic amines is 1. The highest BCUT2D eigenvalue weighted by Gasteiger charge is 2.28. The topological polar surface area (TPSA) is 170 Å².